The molecule has 0 bridgehead atoms. The van der Waals surface area contributed by atoms with E-state index in [-0.39, 0.29) is 0 Å². The van der Waals surface area contributed by atoms with Gasteiger partial charge in [0.05, 0.1) is 5.41 Å². The zero-order valence-corrected chi connectivity index (χ0v) is 18.5. The van der Waals surface area contributed by atoms with Gasteiger partial charge in [0.15, 0.2) is 0 Å². The molecule has 8 rings (SSSR count). The van der Waals surface area contributed by atoms with Gasteiger partial charge in [-0.05, 0) is 46.5 Å². The van der Waals surface area contributed by atoms with E-state index in [0.717, 1.165) is 11.2 Å². The first-order chi connectivity index (χ1) is 16.4. The molecule has 0 fully saturated rings. The molecular formula is C31H18OS. The quantitative estimate of drug-likeness (QED) is 0.263. The highest BCUT2D eigenvalue weighted by molar-refractivity contribution is 7.26. The van der Waals surface area contributed by atoms with Gasteiger partial charge in [0.25, 0.3) is 0 Å². The Bertz CT molecular complexity index is 1720. The van der Waals surface area contributed by atoms with E-state index < -0.39 is 5.41 Å². The molecule has 0 unspecified atom stereocenters. The minimum Gasteiger partial charge on any atom is -0.456 e. The lowest BCUT2D eigenvalue weighted by Gasteiger charge is -2.37. The highest BCUT2D eigenvalue weighted by Gasteiger charge is 2.43. The number of hydrogen-bond donors (Lipinski definition) is 0. The summed E-state index contributed by atoms with van der Waals surface area (Å²) in [6, 6.07) is 39.8. The Morgan fingerprint density at radius 3 is 1.79 bits per heavy atom. The highest BCUT2D eigenvalue weighted by atomic mass is 32.1. The summed E-state index contributed by atoms with van der Waals surface area (Å²) in [6.45, 7) is 0. The second-order valence-electron chi connectivity index (χ2n) is 8.86. The molecule has 2 heterocycles. The Hall–Kier alpha value is -3.88. The maximum Gasteiger partial charge on any atom is 0.136 e. The van der Waals surface area contributed by atoms with Crippen LogP contribution in [0.1, 0.15) is 22.3 Å². The van der Waals surface area contributed by atoms with Crippen molar-refractivity contribution in [2.24, 2.45) is 0 Å². The maximum absolute atomic E-state index is 6.46. The normalized spacial score (nSPS) is 14.3. The third-order valence-electron chi connectivity index (χ3n) is 7.34. The number of thiophene rings is 1. The van der Waals surface area contributed by atoms with Crippen LogP contribution in [0.5, 0.6) is 0 Å². The van der Waals surface area contributed by atoms with Crippen LogP contribution in [0, 0.1) is 0 Å². The van der Waals surface area contributed by atoms with Gasteiger partial charge in [0, 0.05) is 30.9 Å². The molecule has 0 atom stereocenters. The van der Waals surface area contributed by atoms with Crippen molar-refractivity contribution in [3.63, 3.8) is 0 Å². The Morgan fingerprint density at radius 1 is 0.455 bits per heavy atom. The summed E-state index contributed by atoms with van der Waals surface area (Å²) >= 11 is 1.88. The minimum atomic E-state index is -0.453. The highest BCUT2D eigenvalue weighted by Crippen LogP contribution is 2.56. The second kappa shape index (κ2) is 6.12. The molecule has 0 aliphatic heterocycles. The number of furan rings is 1. The van der Waals surface area contributed by atoms with Crippen molar-refractivity contribution in [2.45, 2.75) is 5.41 Å². The topological polar surface area (TPSA) is 13.1 Å². The fourth-order valence-corrected chi connectivity index (χ4v) is 7.29. The first-order valence-corrected chi connectivity index (χ1v) is 12.1. The van der Waals surface area contributed by atoms with Crippen LogP contribution >= 0.6 is 11.3 Å². The molecule has 2 heteroatoms. The maximum atomic E-state index is 6.46. The molecule has 5 aromatic carbocycles. The molecule has 1 aliphatic rings. The first-order valence-electron chi connectivity index (χ1n) is 11.3. The summed E-state index contributed by atoms with van der Waals surface area (Å²) in [5.74, 6) is 0. The number of benzene rings is 5. The molecule has 7 aromatic rings. The van der Waals surface area contributed by atoms with E-state index in [1.165, 1.54) is 53.2 Å². The summed E-state index contributed by atoms with van der Waals surface area (Å²) in [4.78, 5) is 0. The second-order valence-corrected chi connectivity index (χ2v) is 9.94. The Balaban J connectivity index is 1.77. The van der Waals surface area contributed by atoms with E-state index in [2.05, 4.69) is 109 Å². The van der Waals surface area contributed by atoms with Crippen molar-refractivity contribution in [2.75, 3.05) is 0 Å². The standard InChI is InChI=1S/C31H18OS/c1-3-9-19(10-4-1)31(20-11-5-2-6-12-20)21-13-7-15-23-27(21)29-24(32-23)17-18-26-30(29)28-22(31)14-8-16-25(28)33-26/h1-18H. The SMILES string of the molecule is c1ccc(C2(c3ccccc3)c3cccc4oc5ccc6sc7cccc2c7c6c5c34)cc1. The van der Waals surface area contributed by atoms with Crippen LogP contribution in [-0.2, 0) is 5.41 Å². The van der Waals surface area contributed by atoms with Gasteiger partial charge in [0.1, 0.15) is 11.2 Å². The van der Waals surface area contributed by atoms with Gasteiger partial charge in [-0.25, -0.2) is 0 Å². The third-order valence-corrected chi connectivity index (χ3v) is 8.46. The zero-order valence-electron chi connectivity index (χ0n) is 17.7. The van der Waals surface area contributed by atoms with E-state index in [4.69, 9.17) is 4.42 Å². The molecule has 1 nitrogen and oxygen atoms in total. The van der Waals surface area contributed by atoms with Crippen LogP contribution in [0.15, 0.2) is 114 Å². The van der Waals surface area contributed by atoms with Gasteiger partial charge in [0.2, 0.25) is 0 Å². The molecule has 0 spiro atoms. The van der Waals surface area contributed by atoms with E-state index in [1.807, 2.05) is 11.3 Å². The van der Waals surface area contributed by atoms with Crippen molar-refractivity contribution in [3.8, 4) is 0 Å². The predicted molar refractivity (Wildman–Crippen MR) is 138 cm³/mol. The molecule has 0 saturated carbocycles. The number of hydrogen-bond acceptors (Lipinski definition) is 2. The summed E-state index contributed by atoms with van der Waals surface area (Å²) in [7, 11) is 0. The van der Waals surface area contributed by atoms with Gasteiger partial charge >= 0.3 is 0 Å². The molecule has 1 aliphatic carbocycles. The van der Waals surface area contributed by atoms with Crippen molar-refractivity contribution >= 4 is 53.4 Å². The van der Waals surface area contributed by atoms with Crippen LogP contribution in [0.4, 0.5) is 0 Å². The molecule has 0 N–H and O–H groups in total. The van der Waals surface area contributed by atoms with Crippen molar-refractivity contribution in [3.05, 3.63) is 131 Å². The lowest BCUT2D eigenvalue weighted by Crippen LogP contribution is -2.31. The largest absolute Gasteiger partial charge is 0.456 e. The van der Waals surface area contributed by atoms with Gasteiger partial charge in [-0.1, -0.05) is 84.9 Å². The lowest BCUT2D eigenvalue weighted by atomic mass is 9.64. The van der Waals surface area contributed by atoms with Gasteiger partial charge in [-0.3, -0.25) is 0 Å². The van der Waals surface area contributed by atoms with E-state index in [9.17, 15) is 0 Å². The van der Waals surface area contributed by atoms with Crippen LogP contribution in [0.3, 0.4) is 0 Å². The van der Waals surface area contributed by atoms with Crippen molar-refractivity contribution < 1.29 is 4.42 Å². The smallest absolute Gasteiger partial charge is 0.136 e. The van der Waals surface area contributed by atoms with Gasteiger partial charge in [-0.2, -0.15) is 0 Å². The zero-order chi connectivity index (χ0) is 21.6. The Kier molecular flexibility index (Phi) is 3.27. The van der Waals surface area contributed by atoms with Crippen LogP contribution < -0.4 is 0 Å². The average molecular weight is 439 g/mol. The van der Waals surface area contributed by atoms with Gasteiger partial charge in [-0.15, -0.1) is 11.3 Å². The van der Waals surface area contributed by atoms with Crippen LogP contribution in [0.2, 0.25) is 0 Å². The summed E-state index contributed by atoms with van der Waals surface area (Å²) in [5.41, 5.74) is 6.66. The first kappa shape index (κ1) is 17.6. The van der Waals surface area contributed by atoms with E-state index in [0.29, 0.717) is 0 Å². The monoisotopic (exact) mass is 438 g/mol. The fraction of sp³-hybridized carbons (Fsp3) is 0.0323. The predicted octanol–water partition coefficient (Wildman–Crippen LogP) is 8.65. The van der Waals surface area contributed by atoms with E-state index in [1.54, 1.807) is 0 Å². The molecule has 2 aromatic heterocycles. The molecule has 0 amide bonds. The average Bonchev–Trinajstić information content (AvgIpc) is 3.41. The molecule has 0 saturated heterocycles. The lowest BCUT2D eigenvalue weighted by molar-refractivity contribution is 0.667. The van der Waals surface area contributed by atoms with Crippen LogP contribution in [0.25, 0.3) is 42.1 Å². The minimum absolute atomic E-state index is 0.453. The molecular weight excluding hydrogens is 420 g/mol. The Morgan fingerprint density at radius 2 is 1.06 bits per heavy atom. The van der Waals surface area contributed by atoms with Crippen LogP contribution in [-0.4, -0.2) is 0 Å². The molecule has 154 valence electrons. The Labute approximate surface area is 194 Å². The van der Waals surface area contributed by atoms with Crippen molar-refractivity contribution in [1.29, 1.82) is 0 Å². The van der Waals surface area contributed by atoms with E-state index >= 15 is 0 Å². The third kappa shape index (κ3) is 2.03. The molecule has 0 radical (unpaired) electrons. The summed E-state index contributed by atoms with van der Waals surface area (Å²) in [6.07, 6.45) is 0. The van der Waals surface area contributed by atoms with Gasteiger partial charge < -0.3 is 4.42 Å². The fourth-order valence-electron chi connectivity index (χ4n) is 6.15. The summed E-state index contributed by atoms with van der Waals surface area (Å²) < 4.78 is 9.10. The molecule has 33 heavy (non-hydrogen) atoms. The van der Waals surface area contributed by atoms with Crippen molar-refractivity contribution in [1.82, 2.24) is 0 Å². The summed E-state index contributed by atoms with van der Waals surface area (Å²) in [5, 5.41) is 5.19. The number of rotatable bonds is 2.